The molecule has 27 heavy (non-hydrogen) atoms. The predicted molar refractivity (Wildman–Crippen MR) is 83.2 cm³/mol. The lowest BCUT2D eigenvalue weighted by Crippen LogP contribution is -2.47. The van der Waals surface area contributed by atoms with Crippen molar-refractivity contribution in [2.75, 3.05) is 13.2 Å². The standard InChI is InChI=1S/C15H18F3N3O6/c1-7-20-12(25)8(3-2-4-19-14(26)15(16,17)18)5-21(7)13-11(24)10(23)9(6-22)27-13/h2-3,5,9-11,13,22-24H,1,4,6H2,(H,19,26)(H,20,25)/t9-,10-,11-,13-/m1/s1. The van der Waals surface area contributed by atoms with Crippen LogP contribution in [0.4, 0.5) is 13.2 Å². The van der Waals surface area contributed by atoms with Crippen molar-refractivity contribution in [3.63, 3.8) is 0 Å². The van der Waals surface area contributed by atoms with Gasteiger partial charge in [0.1, 0.15) is 24.1 Å². The van der Waals surface area contributed by atoms with Gasteiger partial charge in [0, 0.05) is 12.7 Å². The van der Waals surface area contributed by atoms with E-state index in [-0.39, 0.29) is 11.4 Å². The van der Waals surface area contributed by atoms with Crippen molar-refractivity contribution < 1.29 is 42.8 Å². The predicted octanol–water partition coefficient (Wildman–Crippen LogP) is -1.55. The number of alkyl halides is 3. The highest BCUT2D eigenvalue weighted by atomic mass is 19.4. The van der Waals surface area contributed by atoms with Crippen molar-refractivity contribution >= 4 is 11.8 Å². The summed E-state index contributed by atoms with van der Waals surface area (Å²) in [5.74, 6) is -2.71. The molecule has 12 heteroatoms. The van der Waals surface area contributed by atoms with E-state index in [1.54, 1.807) is 5.32 Å². The minimum Gasteiger partial charge on any atom is -0.394 e. The lowest BCUT2D eigenvalue weighted by molar-refractivity contribution is -0.173. The summed E-state index contributed by atoms with van der Waals surface area (Å²) in [7, 11) is 0. The van der Waals surface area contributed by atoms with Gasteiger partial charge in [0.25, 0.3) is 5.91 Å². The second kappa shape index (κ2) is 8.08. The molecule has 1 fully saturated rings. The molecule has 0 aromatic carbocycles. The number of carbonyl (C=O) groups is 2. The molecule has 2 aliphatic heterocycles. The lowest BCUT2D eigenvalue weighted by Gasteiger charge is -2.34. The Hall–Kier alpha value is -2.41. The zero-order valence-corrected chi connectivity index (χ0v) is 13.8. The summed E-state index contributed by atoms with van der Waals surface area (Å²) in [4.78, 5) is 23.9. The molecule has 0 bridgehead atoms. The van der Waals surface area contributed by atoms with Crippen LogP contribution in [0, 0.1) is 0 Å². The molecule has 150 valence electrons. The molecule has 5 N–H and O–H groups in total. The van der Waals surface area contributed by atoms with Crippen molar-refractivity contribution in [3.8, 4) is 0 Å². The first-order chi connectivity index (χ1) is 12.6. The largest absolute Gasteiger partial charge is 0.471 e. The van der Waals surface area contributed by atoms with Gasteiger partial charge in [-0.15, -0.1) is 0 Å². The number of rotatable bonds is 5. The molecule has 1 saturated heterocycles. The van der Waals surface area contributed by atoms with Crippen LogP contribution in [0.5, 0.6) is 0 Å². The molecule has 4 atom stereocenters. The van der Waals surface area contributed by atoms with Crippen molar-refractivity contribution in [3.05, 3.63) is 36.3 Å². The zero-order valence-electron chi connectivity index (χ0n) is 13.8. The summed E-state index contributed by atoms with van der Waals surface area (Å²) >= 11 is 0. The summed E-state index contributed by atoms with van der Waals surface area (Å²) in [6.45, 7) is 2.57. The van der Waals surface area contributed by atoms with E-state index in [4.69, 9.17) is 9.84 Å². The molecular weight excluding hydrogens is 375 g/mol. The third-order valence-electron chi connectivity index (χ3n) is 3.84. The number of aliphatic hydroxyl groups excluding tert-OH is 3. The highest BCUT2D eigenvalue weighted by Gasteiger charge is 2.46. The first-order valence-electron chi connectivity index (χ1n) is 7.70. The van der Waals surface area contributed by atoms with E-state index in [1.165, 1.54) is 11.1 Å². The number of halogens is 3. The van der Waals surface area contributed by atoms with E-state index in [1.807, 2.05) is 0 Å². The summed E-state index contributed by atoms with van der Waals surface area (Å²) in [6.07, 6.45) is -6.49. The van der Waals surface area contributed by atoms with Crippen LogP contribution in [0.2, 0.25) is 0 Å². The molecule has 2 heterocycles. The van der Waals surface area contributed by atoms with Gasteiger partial charge in [0.2, 0.25) is 0 Å². The lowest BCUT2D eigenvalue weighted by atomic mass is 10.1. The molecule has 2 rings (SSSR count). The minimum atomic E-state index is -5.01. The van der Waals surface area contributed by atoms with Gasteiger partial charge in [-0.1, -0.05) is 18.7 Å². The van der Waals surface area contributed by atoms with Crippen LogP contribution in [0.25, 0.3) is 0 Å². The highest BCUT2D eigenvalue weighted by molar-refractivity contribution is 5.98. The molecule has 0 aromatic heterocycles. The molecule has 0 unspecified atom stereocenters. The number of aliphatic hydroxyl groups is 3. The van der Waals surface area contributed by atoms with E-state index in [9.17, 15) is 33.0 Å². The fourth-order valence-corrected chi connectivity index (χ4v) is 2.45. The number of amides is 2. The van der Waals surface area contributed by atoms with E-state index < -0.39 is 55.7 Å². The second-order valence-corrected chi connectivity index (χ2v) is 5.73. The van der Waals surface area contributed by atoms with Gasteiger partial charge in [0.15, 0.2) is 6.23 Å². The monoisotopic (exact) mass is 393 g/mol. The summed E-state index contributed by atoms with van der Waals surface area (Å²) < 4.78 is 41.6. The number of nitrogens with one attached hydrogen (secondary N) is 2. The van der Waals surface area contributed by atoms with Crippen molar-refractivity contribution in [2.24, 2.45) is 0 Å². The Morgan fingerprint density at radius 3 is 2.63 bits per heavy atom. The van der Waals surface area contributed by atoms with Gasteiger partial charge in [0.05, 0.1) is 12.2 Å². The third kappa shape index (κ3) is 4.66. The van der Waals surface area contributed by atoms with Gasteiger partial charge in [-0.25, -0.2) is 0 Å². The first kappa shape index (κ1) is 20.9. The molecule has 0 spiro atoms. The Morgan fingerprint density at radius 2 is 2.07 bits per heavy atom. The fourth-order valence-electron chi connectivity index (χ4n) is 2.45. The van der Waals surface area contributed by atoms with Crippen LogP contribution in [-0.4, -0.2) is 75.9 Å². The van der Waals surface area contributed by atoms with Gasteiger partial charge >= 0.3 is 12.1 Å². The smallest absolute Gasteiger partial charge is 0.394 e. The van der Waals surface area contributed by atoms with Crippen molar-refractivity contribution in [1.29, 1.82) is 0 Å². The van der Waals surface area contributed by atoms with Crippen LogP contribution in [0.15, 0.2) is 36.3 Å². The average molecular weight is 393 g/mol. The maximum absolute atomic E-state index is 12.1. The number of hydrogen-bond acceptors (Lipinski definition) is 7. The highest BCUT2D eigenvalue weighted by Crippen LogP contribution is 2.28. The van der Waals surface area contributed by atoms with E-state index in [2.05, 4.69) is 11.9 Å². The van der Waals surface area contributed by atoms with Crippen molar-refractivity contribution in [1.82, 2.24) is 15.5 Å². The SMILES string of the molecule is C=C1NC(=O)C(C=CCNC(=O)C(F)(F)F)=CN1[C@@H]1O[C@H](CO)[C@@H](O)[C@H]1O. The Bertz CT molecular complexity index is 678. The maximum atomic E-state index is 12.1. The minimum absolute atomic E-state index is 0.0253. The molecule has 9 nitrogen and oxygen atoms in total. The fraction of sp³-hybridized carbons (Fsp3) is 0.467. The molecule has 2 aliphatic rings. The summed E-state index contributed by atoms with van der Waals surface area (Å²) in [6, 6.07) is 0. The molecule has 0 saturated carbocycles. The first-order valence-corrected chi connectivity index (χ1v) is 7.70. The average Bonchev–Trinajstić information content (AvgIpc) is 2.87. The molecular formula is C15H18F3N3O6. The van der Waals surface area contributed by atoms with Gasteiger partial charge in [-0.2, -0.15) is 13.2 Å². The van der Waals surface area contributed by atoms with Crippen LogP contribution in [0.1, 0.15) is 0 Å². The van der Waals surface area contributed by atoms with Crippen LogP contribution >= 0.6 is 0 Å². The van der Waals surface area contributed by atoms with Gasteiger partial charge in [-0.3, -0.25) is 9.59 Å². The van der Waals surface area contributed by atoms with Crippen molar-refractivity contribution in [2.45, 2.75) is 30.7 Å². The number of hydrogen-bond donors (Lipinski definition) is 5. The topological polar surface area (TPSA) is 131 Å². The maximum Gasteiger partial charge on any atom is 0.471 e. The molecule has 0 aliphatic carbocycles. The summed E-state index contributed by atoms with van der Waals surface area (Å²) in [5, 5.41) is 33.0. The third-order valence-corrected chi connectivity index (χ3v) is 3.84. The Balaban J connectivity index is 2.09. The Morgan fingerprint density at radius 1 is 1.41 bits per heavy atom. The number of ether oxygens (including phenoxy) is 1. The second-order valence-electron chi connectivity index (χ2n) is 5.73. The molecule has 0 radical (unpaired) electrons. The number of carbonyl (C=O) groups excluding carboxylic acids is 2. The van der Waals surface area contributed by atoms with Gasteiger partial charge < -0.3 is 35.6 Å². The quantitative estimate of drug-likeness (QED) is 0.382. The zero-order chi connectivity index (χ0) is 20.4. The van der Waals surface area contributed by atoms with Gasteiger partial charge in [-0.05, 0) is 0 Å². The normalized spacial score (nSPS) is 29.1. The Kier molecular flexibility index (Phi) is 6.26. The molecule has 0 aromatic rings. The van der Waals surface area contributed by atoms with E-state index >= 15 is 0 Å². The summed E-state index contributed by atoms with van der Waals surface area (Å²) in [5.41, 5.74) is -0.0265. The van der Waals surface area contributed by atoms with E-state index in [0.717, 1.165) is 12.2 Å². The van der Waals surface area contributed by atoms with Crippen LogP contribution < -0.4 is 10.6 Å². The number of nitrogens with zero attached hydrogens (tertiary/aromatic N) is 1. The Labute approximate surface area is 151 Å². The van der Waals surface area contributed by atoms with Crippen LogP contribution in [0.3, 0.4) is 0 Å². The van der Waals surface area contributed by atoms with Crippen LogP contribution in [-0.2, 0) is 14.3 Å². The molecule has 2 amide bonds. The van der Waals surface area contributed by atoms with E-state index in [0.29, 0.717) is 0 Å².